The van der Waals surface area contributed by atoms with Crippen LogP contribution in [-0.4, -0.2) is 6.21 Å². The minimum absolute atomic E-state index is 0.158. The molecule has 19 heavy (non-hydrogen) atoms. The van der Waals surface area contributed by atoms with Gasteiger partial charge in [0.25, 0.3) is 0 Å². The highest BCUT2D eigenvalue weighted by atomic mass is 79.9. The highest BCUT2D eigenvalue weighted by Gasteiger charge is 2.15. The van der Waals surface area contributed by atoms with Gasteiger partial charge < -0.3 is 0 Å². The lowest BCUT2D eigenvalue weighted by Gasteiger charge is -2.03. The predicted octanol–water partition coefficient (Wildman–Crippen LogP) is 4.31. The van der Waals surface area contributed by atoms with Crippen LogP contribution in [0.15, 0.2) is 46.0 Å². The molecule has 0 aliphatic rings. The summed E-state index contributed by atoms with van der Waals surface area (Å²) in [4.78, 5) is 0. The molecule has 0 radical (unpaired) electrons. The standard InChI is InChI=1S/C13H8BrF3N2/c14-11-12(16)8(6-10(15)13(11)17)7-18-19-9-4-2-1-3-5-9/h1-7,19H. The average Bonchev–Trinajstić information content (AvgIpc) is 2.43. The molecular weight excluding hydrogens is 321 g/mol. The number of hydrazone groups is 1. The molecule has 0 bridgehead atoms. The van der Waals surface area contributed by atoms with Crippen LogP contribution in [0.4, 0.5) is 18.9 Å². The van der Waals surface area contributed by atoms with Crippen molar-refractivity contribution in [2.75, 3.05) is 5.43 Å². The van der Waals surface area contributed by atoms with Crippen LogP contribution in [0.5, 0.6) is 0 Å². The fraction of sp³-hybridized carbons (Fsp3) is 0. The van der Waals surface area contributed by atoms with Crippen LogP contribution in [0.3, 0.4) is 0 Å². The number of halogens is 4. The summed E-state index contributed by atoms with van der Waals surface area (Å²) in [6, 6.07) is 9.69. The second-order valence-corrected chi connectivity index (χ2v) is 4.42. The molecule has 2 nitrogen and oxygen atoms in total. The lowest BCUT2D eigenvalue weighted by atomic mass is 10.2. The molecule has 2 rings (SSSR count). The van der Waals surface area contributed by atoms with Gasteiger partial charge in [-0.05, 0) is 34.1 Å². The number of para-hydroxylation sites is 1. The van der Waals surface area contributed by atoms with Gasteiger partial charge in [-0.25, -0.2) is 13.2 Å². The number of anilines is 1. The lowest BCUT2D eigenvalue weighted by Crippen LogP contribution is -1.98. The van der Waals surface area contributed by atoms with Crippen LogP contribution in [0, 0.1) is 17.5 Å². The molecule has 0 aliphatic carbocycles. The highest BCUT2D eigenvalue weighted by molar-refractivity contribution is 9.10. The van der Waals surface area contributed by atoms with Gasteiger partial charge in [0, 0.05) is 5.56 Å². The number of hydrogen-bond acceptors (Lipinski definition) is 2. The third-order valence-electron chi connectivity index (χ3n) is 2.30. The number of nitrogens with zero attached hydrogens (tertiary/aromatic N) is 1. The summed E-state index contributed by atoms with van der Waals surface area (Å²) in [6.07, 6.45) is 1.08. The zero-order valence-electron chi connectivity index (χ0n) is 9.50. The van der Waals surface area contributed by atoms with Gasteiger partial charge in [0.05, 0.1) is 16.4 Å². The minimum Gasteiger partial charge on any atom is -0.279 e. The Balaban J connectivity index is 2.20. The van der Waals surface area contributed by atoms with E-state index in [-0.39, 0.29) is 5.56 Å². The zero-order chi connectivity index (χ0) is 13.8. The number of hydrogen-bond donors (Lipinski definition) is 1. The smallest absolute Gasteiger partial charge is 0.175 e. The average molecular weight is 329 g/mol. The maximum atomic E-state index is 13.6. The molecule has 2 aromatic carbocycles. The Bertz CT molecular complexity index is 615. The third-order valence-corrected chi connectivity index (χ3v) is 3.00. The summed E-state index contributed by atoms with van der Waals surface area (Å²) in [7, 11) is 0. The Morgan fingerprint density at radius 2 is 1.74 bits per heavy atom. The van der Waals surface area contributed by atoms with Crippen LogP contribution >= 0.6 is 15.9 Å². The maximum absolute atomic E-state index is 13.6. The van der Waals surface area contributed by atoms with Crippen LogP contribution in [0.2, 0.25) is 0 Å². The second-order valence-electron chi connectivity index (χ2n) is 3.63. The van der Waals surface area contributed by atoms with Crippen LogP contribution < -0.4 is 5.43 Å². The van der Waals surface area contributed by atoms with Crippen molar-refractivity contribution in [3.05, 3.63) is 63.9 Å². The van der Waals surface area contributed by atoms with Crippen molar-refractivity contribution in [2.45, 2.75) is 0 Å². The molecular formula is C13H8BrF3N2. The third kappa shape index (κ3) is 3.14. The minimum atomic E-state index is -1.26. The molecule has 6 heteroatoms. The first-order chi connectivity index (χ1) is 9.09. The number of benzene rings is 2. The predicted molar refractivity (Wildman–Crippen MR) is 71.7 cm³/mol. The Labute approximate surface area is 116 Å². The van der Waals surface area contributed by atoms with E-state index in [1.54, 1.807) is 24.3 Å². The monoisotopic (exact) mass is 328 g/mol. The molecule has 1 N–H and O–H groups in total. The topological polar surface area (TPSA) is 24.4 Å². The van der Waals surface area contributed by atoms with E-state index in [4.69, 9.17) is 0 Å². The van der Waals surface area contributed by atoms with Gasteiger partial charge in [-0.1, -0.05) is 18.2 Å². The Kier molecular flexibility index (Phi) is 4.21. The normalized spacial score (nSPS) is 10.9. The molecule has 0 aliphatic heterocycles. The van der Waals surface area contributed by atoms with E-state index in [0.717, 1.165) is 12.3 Å². The molecule has 2 aromatic rings. The molecule has 0 saturated heterocycles. The van der Waals surface area contributed by atoms with E-state index in [2.05, 4.69) is 26.5 Å². The molecule has 0 atom stereocenters. The quantitative estimate of drug-likeness (QED) is 0.386. The van der Waals surface area contributed by atoms with Crippen molar-refractivity contribution in [1.29, 1.82) is 0 Å². The Morgan fingerprint density at radius 3 is 2.42 bits per heavy atom. The molecule has 0 heterocycles. The molecule has 98 valence electrons. The van der Waals surface area contributed by atoms with Crippen molar-refractivity contribution in [2.24, 2.45) is 5.10 Å². The molecule has 0 aromatic heterocycles. The Morgan fingerprint density at radius 1 is 1.05 bits per heavy atom. The zero-order valence-corrected chi connectivity index (χ0v) is 11.1. The van der Waals surface area contributed by atoms with Gasteiger partial charge in [-0.2, -0.15) is 5.10 Å². The molecule has 0 saturated carbocycles. The van der Waals surface area contributed by atoms with Crippen molar-refractivity contribution >= 4 is 27.8 Å². The maximum Gasteiger partial charge on any atom is 0.175 e. The van der Waals surface area contributed by atoms with E-state index in [9.17, 15) is 13.2 Å². The van der Waals surface area contributed by atoms with Gasteiger partial charge in [0.15, 0.2) is 11.6 Å². The van der Waals surface area contributed by atoms with Gasteiger partial charge in [-0.15, -0.1) is 0 Å². The Hall–Kier alpha value is -1.82. The van der Waals surface area contributed by atoms with Crippen molar-refractivity contribution < 1.29 is 13.2 Å². The van der Waals surface area contributed by atoms with E-state index in [1.807, 2.05) is 6.07 Å². The van der Waals surface area contributed by atoms with Crippen LogP contribution in [0.1, 0.15) is 5.56 Å². The molecule has 0 unspecified atom stereocenters. The molecule has 0 fully saturated rings. The lowest BCUT2D eigenvalue weighted by molar-refractivity contribution is 0.487. The summed E-state index contributed by atoms with van der Waals surface area (Å²) in [5.41, 5.74) is 3.18. The number of nitrogens with one attached hydrogen (secondary N) is 1. The van der Waals surface area contributed by atoms with Gasteiger partial charge in [-0.3, -0.25) is 5.43 Å². The van der Waals surface area contributed by atoms with E-state index >= 15 is 0 Å². The van der Waals surface area contributed by atoms with Gasteiger partial charge in [0.2, 0.25) is 0 Å². The fourth-order valence-electron chi connectivity index (χ4n) is 1.37. The summed E-state index contributed by atoms with van der Waals surface area (Å²) >= 11 is 2.65. The molecule has 0 amide bonds. The van der Waals surface area contributed by atoms with Gasteiger partial charge in [0.1, 0.15) is 5.82 Å². The van der Waals surface area contributed by atoms with Gasteiger partial charge >= 0.3 is 0 Å². The first kappa shape index (κ1) is 13.6. The van der Waals surface area contributed by atoms with E-state index in [0.29, 0.717) is 5.69 Å². The van der Waals surface area contributed by atoms with E-state index < -0.39 is 21.9 Å². The largest absolute Gasteiger partial charge is 0.279 e. The first-order valence-electron chi connectivity index (χ1n) is 5.26. The SMILES string of the molecule is Fc1cc(C=NNc2ccccc2)c(F)c(Br)c1F. The van der Waals surface area contributed by atoms with Crippen molar-refractivity contribution in [3.63, 3.8) is 0 Å². The summed E-state index contributed by atoms with van der Waals surface area (Å²) < 4.78 is 39.2. The van der Waals surface area contributed by atoms with E-state index in [1.165, 1.54) is 0 Å². The van der Waals surface area contributed by atoms with Crippen molar-refractivity contribution in [1.82, 2.24) is 0 Å². The molecule has 0 spiro atoms. The summed E-state index contributed by atoms with van der Waals surface area (Å²) in [5, 5.41) is 3.76. The highest BCUT2D eigenvalue weighted by Crippen LogP contribution is 2.24. The van der Waals surface area contributed by atoms with Crippen molar-refractivity contribution in [3.8, 4) is 0 Å². The second kappa shape index (κ2) is 5.88. The van der Waals surface area contributed by atoms with Crippen LogP contribution in [0.25, 0.3) is 0 Å². The fourth-order valence-corrected chi connectivity index (χ4v) is 1.79. The summed E-state index contributed by atoms with van der Waals surface area (Å²) in [6.45, 7) is 0. The number of rotatable bonds is 3. The summed E-state index contributed by atoms with van der Waals surface area (Å²) in [5.74, 6) is -3.31. The van der Waals surface area contributed by atoms with Crippen LogP contribution in [-0.2, 0) is 0 Å². The first-order valence-corrected chi connectivity index (χ1v) is 6.06.